The summed E-state index contributed by atoms with van der Waals surface area (Å²) in [6.45, 7) is 0.497. The van der Waals surface area contributed by atoms with E-state index in [1.807, 2.05) is 12.1 Å². The smallest absolute Gasteiger partial charge is 0.253 e. The Morgan fingerprint density at radius 3 is 2.54 bits per heavy atom. The van der Waals surface area contributed by atoms with Crippen molar-refractivity contribution < 1.29 is 17.9 Å². The van der Waals surface area contributed by atoms with Crippen molar-refractivity contribution in [2.75, 3.05) is 20.8 Å². The fraction of sp³-hybridized carbons (Fsp3) is 0.375. The number of benzene rings is 1. The number of thiophene rings is 1. The van der Waals surface area contributed by atoms with Crippen molar-refractivity contribution in [3.63, 3.8) is 0 Å². The van der Waals surface area contributed by atoms with Gasteiger partial charge in [0.1, 0.15) is 4.21 Å². The molecule has 8 heteroatoms. The first-order chi connectivity index (χ1) is 11.5. The molecule has 0 N–H and O–H groups in total. The molecule has 0 spiro atoms. The monoisotopic (exact) mass is 387 g/mol. The summed E-state index contributed by atoms with van der Waals surface area (Å²) < 4.78 is 38.7. The Morgan fingerprint density at radius 1 is 1.17 bits per heavy atom. The van der Waals surface area contributed by atoms with Crippen LogP contribution in [-0.2, 0) is 10.0 Å². The van der Waals surface area contributed by atoms with Crippen molar-refractivity contribution >= 4 is 33.0 Å². The molecule has 0 bridgehead atoms. The standard InChI is InChI=1S/C16H18ClNO4S2/c1-21-13-6-5-11(10-14(13)22-2)12-4-3-9-18(12)24(19,20)16-8-7-15(17)23-16/h5-8,10,12H,3-4,9H2,1-2H3. The predicted molar refractivity (Wildman–Crippen MR) is 94.7 cm³/mol. The van der Waals surface area contributed by atoms with E-state index in [0.717, 1.165) is 29.7 Å². The summed E-state index contributed by atoms with van der Waals surface area (Å²) in [4.78, 5) is 0. The normalized spacial score (nSPS) is 18.7. The summed E-state index contributed by atoms with van der Waals surface area (Å²) in [5, 5.41) is 0. The highest BCUT2D eigenvalue weighted by Crippen LogP contribution is 2.41. The van der Waals surface area contributed by atoms with Crippen LogP contribution in [0.2, 0.25) is 4.34 Å². The van der Waals surface area contributed by atoms with Crippen molar-refractivity contribution in [1.82, 2.24) is 4.31 Å². The Balaban J connectivity index is 1.96. The SMILES string of the molecule is COc1ccc(C2CCCN2S(=O)(=O)c2ccc(Cl)s2)cc1OC. The molecule has 1 saturated heterocycles. The van der Waals surface area contributed by atoms with Gasteiger partial charge in [-0.15, -0.1) is 11.3 Å². The zero-order valence-corrected chi connectivity index (χ0v) is 15.7. The molecule has 130 valence electrons. The van der Waals surface area contributed by atoms with Crippen LogP contribution in [0.25, 0.3) is 0 Å². The van der Waals surface area contributed by atoms with Crippen LogP contribution in [0.3, 0.4) is 0 Å². The highest BCUT2D eigenvalue weighted by Gasteiger charge is 2.37. The van der Waals surface area contributed by atoms with E-state index in [4.69, 9.17) is 21.1 Å². The minimum absolute atomic E-state index is 0.212. The Hall–Kier alpha value is -1.28. The lowest BCUT2D eigenvalue weighted by Gasteiger charge is -2.24. The molecule has 0 saturated carbocycles. The van der Waals surface area contributed by atoms with E-state index in [9.17, 15) is 8.42 Å². The molecule has 3 rings (SSSR count). The van der Waals surface area contributed by atoms with Crippen LogP contribution in [0, 0.1) is 0 Å². The Labute approximate surface area is 150 Å². The van der Waals surface area contributed by atoms with Crippen LogP contribution < -0.4 is 9.47 Å². The lowest BCUT2D eigenvalue weighted by molar-refractivity contribution is 0.351. The Morgan fingerprint density at radius 2 is 1.92 bits per heavy atom. The lowest BCUT2D eigenvalue weighted by atomic mass is 10.0. The number of rotatable bonds is 5. The summed E-state index contributed by atoms with van der Waals surface area (Å²) >= 11 is 6.99. The molecule has 5 nitrogen and oxygen atoms in total. The van der Waals surface area contributed by atoms with E-state index in [1.54, 1.807) is 36.7 Å². The second-order valence-electron chi connectivity index (χ2n) is 5.45. The minimum atomic E-state index is -3.56. The van der Waals surface area contributed by atoms with Gasteiger partial charge in [0.2, 0.25) is 0 Å². The van der Waals surface area contributed by atoms with Gasteiger partial charge in [-0.3, -0.25) is 0 Å². The predicted octanol–water partition coefficient (Wildman–Crippen LogP) is 3.94. The maximum Gasteiger partial charge on any atom is 0.253 e. The largest absolute Gasteiger partial charge is 0.493 e. The van der Waals surface area contributed by atoms with Crippen LogP contribution in [0.15, 0.2) is 34.5 Å². The van der Waals surface area contributed by atoms with Gasteiger partial charge in [0.05, 0.1) is 24.6 Å². The third-order valence-electron chi connectivity index (χ3n) is 4.11. The first-order valence-corrected chi connectivity index (χ1v) is 10.1. The van der Waals surface area contributed by atoms with Gasteiger partial charge in [0.15, 0.2) is 11.5 Å². The van der Waals surface area contributed by atoms with Crippen molar-refractivity contribution in [2.24, 2.45) is 0 Å². The van der Waals surface area contributed by atoms with Gasteiger partial charge < -0.3 is 9.47 Å². The quantitative estimate of drug-likeness (QED) is 0.779. The van der Waals surface area contributed by atoms with Gasteiger partial charge in [-0.2, -0.15) is 4.31 Å². The van der Waals surface area contributed by atoms with E-state index in [0.29, 0.717) is 22.4 Å². The second kappa shape index (κ2) is 6.92. The first kappa shape index (κ1) is 17.5. The van der Waals surface area contributed by atoms with Crippen LogP contribution in [0.1, 0.15) is 24.4 Å². The summed E-state index contributed by atoms with van der Waals surface area (Å²) in [7, 11) is -0.413. The molecular weight excluding hydrogens is 370 g/mol. The fourth-order valence-electron chi connectivity index (χ4n) is 2.97. The molecule has 2 heterocycles. The highest BCUT2D eigenvalue weighted by atomic mass is 35.5. The molecular formula is C16H18ClNO4S2. The molecule has 1 fully saturated rings. The number of hydrogen-bond donors (Lipinski definition) is 0. The van der Waals surface area contributed by atoms with Crippen LogP contribution >= 0.6 is 22.9 Å². The van der Waals surface area contributed by atoms with Crippen molar-refractivity contribution in [2.45, 2.75) is 23.1 Å². The molecule has 2 aromatic rings. The van der Waals surface area contributed by atoms with E-state index in [-0.39, 0.29) is 10.3 Å². The Kier molecular flexibility index (Phi) is 5.05. The zero-order valence-electron chi connectivity index (χ0n) is 13.4. The molecule has 0 amide bonds. The number of nitrogens with zero attached hydrogens (tertiary/aromatic N) is 1. The minimum Gasteiger partial charge on any atom is -0.493 e. The van der Waals surface area contributed by atoms with Gasteiger partial charge in [0, 0.05) is 6.54 Å². The van der Waals surface area contributed by atoms with Gasteiger partial charge >= 0.3 is 0 Å². The molecule has 0 aliphatic carbocycles. The maximum absolute atomic E-state index is 12.9. The molecule has 1 aromatic heterocycles. The number of ether oxygens (including phenoxy) is 2. The third-order valence-corrected chi connectivity index (χ3v) is 7.71. The van der Waals surface area contributed by atoms with E-state index in [2.05, 4.69) is 0 Å². The van der Waals surface area contributed by atoms with Crippen LogP contribution in [0.4, 0.5) is 0 Å². The topological polar surface area (TPSA) is 55.8 Å². The van der Waals surface area contributed by atoms with Crippen LogP contribution in [-0.4, -0.2) is 33.5 Å². The fourth-order valence-corrected chi connectivity index (χ4v) is 6.27. The van der Waals surface area contributed by atoms with E-state index in [1.165, 1.54) is 0 Å². The average molecular weight is 388 g/mol. The number of sulfonamides is 1. The van der Waals surface area contributed by atoms with Crippen molar-refractivity contribution in [1.29, 1.82) is 0 Å². The average Bonchev–Trinajstić information content (AvgIpc) is 3.23. The lowest BCUT2D eigenvalue weighted by Crippen LogP contribution is -2.30. The molecule has 1 aliphatic heterocycles. The number of halogens is 1. The summed E-state index contributed by atoms with van der Waals surface area (Å²) in [5.74, 6) is 1.22. The molecule has 0 radical (unpaired) electrons. The summed E-state index contributed by atoms with van der Waals surface area (Å²) in [5.41, 5.74) is 0.899. The molecule has 1 atom stereocenters. The number of hydrogen-bond acceptors (Lipinski definition) is 5. The maximum atomic E-state index is 12.9. The molecule has 1 aromatic carbocycles. The van der Waals surface area contributed by atoms with Crippen molar-refractivity contribution in [3.05, 3.63) is 40.2 Å². The van der Waals surface area contributed by atoms with Gasteiger partial charge in [-0.1, -0.05) is 17.7 Å². The highest BCUT2D eigenvalue weighted by molar-refractivity contribution is 7.91. The molecule has 1 aliphatic rings. The Bertz CT molecular complexity index is 834. The molecule has 1 unspecified atom stereocenters. The zero-order chi connectivity index (χ0) is 17.3. The summed E-state index contributed by atoms with van der Waals surface area (Å²) in [6, 6.07) is 8.50. The van der Waals surface area contributed by atoms with E-state index < -0.39 is 10.0 Å². The number of methoxy groups -OCH3 is 2. The second-order valence-corrected chi connectivity index (χ2v) is 9.28. The van der Waals surface area contributed by atoms with Crippen LogP contribution in [0.5, 0.6) is 11.5 Å². The van der Waals surface area contributed by atoms with Crippen molar-refractivity contribution in [3.8, 4) is 11.5 Å². The molecule has 24 heavy (non-hydrogen) atoms. The van der Waals surface area contributed by atoms with Gasteiger partial charge in [-0.25, -0.2) is 8.42 Å². The van der Waals surface area contributed by atoms with Gasteiger partial charge in [0.25, 0.3) is 10.0 Å². The first-order valence-electron chi connectivity index (χ1n) is 7.46. The summed E-state index contributed by atoms with van der Waals surface area (Å²) in [6.07, 6.45) is 1.59. The third kappa shape index (κ3) is 3.13. The van der Waals surface area contributed by atoms with E-state index >= 15 is 0 Å². The van der Waals surface area contributed by atoms with Gasteiger partial charge in [-0.05, 0) is 42.7 Å².